The van der Waals surface area contributed by atoms with Crippen LogP contribution in [0.25, 0.3) is 15.9 Å². The Morgan fingerprint density at radius 2 is 2.09 bits per heavy atom. The molecule has 1 atom stereocenters. The summed E-state index contributed by atoms with van der Waals surface area (Å²) in [7, 11) is 0. The van der Waals surface area contributed by atoms with Gasteiger partial charge in [-0.25, -0.2) is 14.5 Å². The number of rotatable bonds is 6. The van der Waals surface area contributed by atoms with E-state index in [0.29, 0.717) is 41.5 Å². The van der Waals surface area contributed by atoms with Crippen LogP contribution in [0, 0.1) is 35.3 Å². The van der Waals surface area contributed by atoms with E-state index in [9.17, 15) is 10.1 Å². The van der Waals surface area contributed by atoms with Crippen molar-refractivity contribution in [3.63, 3.8) is 0 Å². The maximum Gasteiger partial charge on any atom is 0.312 e. The summed E-state index contributed by atoms with van der Waals surface area (Å²) in [6.07, 6.45) is 6.84. The number of hydrogen-bond acceptors (Lipinski definition) is 7. The second-order valence-corrected chi connectivity index (χ2v) is 10.8. The van der Waals surface area contributed by atoms with E-state index in [1.54, 1.807) is 40.7 Å². The largest absolute Gasteiger partial charge is 0.312 e. The molecule has 4 heterocycles. The summed E-state index contributed by atoms with van der Waals surface area (Å²) >= 11 is 1.80. The van der Waals surface area contributed by atoms with Gasteiger partial charge in [-0.2, -0.15) is 5.10 Å². The van der Waals surface area contributed by atoms with E-state index >= 15 is 0 Å². The zero-order valence-corrected chi connectivity index (χ0v) is 20.6. The highest BCUT2D eigenvalue weighted by Gasteiger charge is 2.33. The molecular formula is C23H29N7O2S. The molecule has 0 spiro atoms. The van der Waals surface area contributed by atoms with Gasteiger partial charge in [-0.1, -0.05) is 27.2 Å². The lowest BCUT2D eigenvalue weighted by atomic mass is 9.70. The molecule has 0 aliphatic heterocycles. The highest BCUT2D eigenvalue weighted by Crippen LogP contribution is 2.44. The number of fused-ring (bicyclic) bond motifs is 5. The molecule has 0 fully saturated rings. The van der Waals surface area contributed by atoms with Crippen LogP contribution in [0.4, 0.5) is 5.69 Å². The molecule has 0 aromatic carbocycles. The molecule has 0 bridgehead atoms. The molecule has 0 radical (unpaired) electrons. The molecule has 174 valence electrons. The van der Waals surface area contributed by atoms with E-state index in [4.69, 9.17) is 4.98 Å². The van der Waals surface area contributed by atoms with Crippen LogP contribution in [-0.2, 0) is 25.8 Å². The molecule has 33 heavy (non-hydrogen) atoms. The van der Waals surface area contributed by atoms with Gasteiger partial charge in [0.1, 0.15) is 22.5 Å². The number of aromatic nitrogens is 6. The summed E-state index contributed by atoms with van der Waals surface area (Å²) < 4.78 is 3.45. The number of thiophene rings is 1. The van der Waals surface area contributed by atoms with Crippen molar-refractivity contribution in [3.8, 4) is 0 Å². The van der Waals surface area contributed by atoms with E-state index in [2.05, 4.69) is 36.0 Å². The minimum absolute atomic E-state index is 0.0818. The SMILES string of the molecule is CCC(C)(C)[C@@H]1CCc2c(sc3ncn4nc(CCn5nc(C)c([N+](=O)[O-])c5C)nc4c23)C1. The van der Waals surface area contributed by atoms with Crippen molar-refractivity contribution >= 4 is 32.9 Å². The van der Waals surface area contributed by atoms with E-state index < -0.39 is 0 Å². The maximum absolute atomic E-state index is 11.3. The Bertz CT molecular complexity index is 1380. The lowest BCUT2D eigenvalue weighted by Gasteiger charge is -2.36. The van der Waals surface area contributed by atoms with Crippen molar-refractivity contribution in [1.82, 2.24) is 29.4 Å². The quantitative estimate of drug-likeness (QED) is 0.297. The number of hydrogen-bond donors (Lipinski definition) is 0. The molecule has 0 unspecified atom stereocenters. The molecule has 10 heteroatoms. The Balaban J connectivity index is 1.45. The van der Waals surface area contributed by atoms with Crippen LogP contribution in [0.5, 0.6) is 0 Å². The second-order valence-electron chi connectivity index (χ2n) is 9.76. The number of nitrogens with zero attached hydrogens (tertiary/aromatic N) is 7. The first-order valence-electron chi connectivity index (χ1n) is 11.5. The average molecular weight is 468 g/mol. The van der Waals surface area contributed by atoms with Crippen LogP contribution in [0.3, 0.4) is 0 Å². The summed E-state index contributed by atoms with van der Waals surface area (Å²) in [4.78, 5) is 22.9. The molecule has 0 N–H and O–H groups in total. The molecule has 4 aromatic rings. The lowest BCUT2D eigenvalue weighted by molar-refractivity contribution is -0.386. The van der Waals surface area contributed by atoms with Gasteiger partial charge in [0.2, 0.25) is 0 Å². The summed E-state index contributed by atoms with van der Waals surface area (Å²) in [6.45, 7) is 10.9. The highest BCUT2D eigenvalue weighted by atomic mass is 32.1. The minimum Gasteiger partial charge on any atom is -0.262 e. The molecule has 0 saturated heterocycles. The van der Waals surface area contributed by atoms with Crippen LogP contribution in [0.1, 0.15) is 61.3 Å². The van der Waals surface area contributed by atoms with Crippen molar-refractivity contribution in [2.45, 2.75) is 73.3 Å². The van der Waals surface area contributed by atoms with Gasteiger partial charge in [-0.3, -0.25) is 14.8 Å². The molecular weight excluding hydrogens is 438 g/mol. The van der Waals surface area contributed by atoms with Crippen LogP contribution in [-0.4, -0.2) is 34.3 Å². The molecule has 1 aliphatic carbocycles. The van der Waals surface area contributed by atoms with Gasteiger partial charge in [0.05, 0.1) is 10.3 Å². The minimum atomic E-state index is -0.369. The first kappa shape index (κ1) is 21.9. The smallest absolute Gasteiger partial charge is 0.262 e. The van der Waals surface area contributed by atoms with Gasteiger partial charge in [0.15, 0.2) is 11.5 Å². The van der Waals surface area contributed by atoms with E-state index in [-0.39, 0.29) is 10.6 Å². The number of nitro groups is 1. The fraction of sp³-hybridized carbons (Fsp3) is 0.565. The zero-order valence-electron chi connectivity index (χ0n) is 19.8. The van der Waals surface area contributed by atoms with Crippen LogP contribution in [0.2, 0.25) is 0 Å². The first-order chi connectivity index (χ1) is 15.7. The van der Waals surface area contributed by atoms with E-state index in [0.717, 1.165) is 28.7 Å². The molecule has 0 amide bonds. The van der Waals surface area contributed by atoms with Crippen molar-refractivity contribution in [1.29, 1.82) is 0 Å². The van der Waals surface area contributed by atoms with Gasteiger partial charge in [-0.05, 0) is 50.0 Å². The third-order valence-electron chi connectivity index (χ3n) is 7.52. The molecule has 4 aromatic heterocycles. The maximum atomic E-state index is 11.3. The van der Waals surface area contributed by atoms with Crippen LogP contribution >= 0.6 is 11.3 Å². The Morgan fingerprint density at radius 1 is 1.30 bits per heavy atom. The molecule has 5 rings (SSSR count). The zero-order chi connectivity index (χ0) is 23.5. The summed E-state index contributed by atoms with van der Waals surface area (Å²) in [5.74, 6) is 1.39. The summed E-state index contributed by atoms with van der Waals surface area (Å²) in [5, 5.41) is 21.4. The number of aryl methyl sites for hydroxylation is 4. The highest BCUT2D eigenvalue weighted by molar-refractivity contribution is 7.19. The predicted octanol–water partition coefficient (Wildman–Crippen LogP) is 4.84. The monoisotopic (exact) mass is 467 g/mol. The van der Waals surface area contributed by atoms with Gasteiger partial charge in [0, 0.05) is 17.8 Å². The van der Waals surface area contributed by atoms with Crippen LogP contribution in [0.15, 0.2) is 6.33 Å². The fourth-order valence-electron chi connectivity index (χ4n) is 5.06. The third-order valence-corrected chi connectivity index (χ3v) is 8.68. The van der Waals surface area contributed by atoms with Crippen LogP contribution < -0.4 is 0 Å². The van der Waals surface area contributed by atoms with E-state index in [1.807, 2.05) is 0 Å². The average Bonchev–Trinajstić information content (AvgIpc) is 3.43. The fourth-order valence-corrected chi connectivity index (χ4v) is 6.32. The van der Waals surface area contributed by atoms with Crippen molar-refractivity contribution in [2.75, 3.05) is 0 Å². The molecule has 9 nitrogen and oxygen atoms in total. The normalized spacial score (nSPS) is 16.6. The standard InChI is InChI=1S/C23H29N7O2S/c1-6-23(4,5)15-7-8-16-17(11-15)33-22-19(16)21-25-18(27-29(21)12-24-22)9-10-28-14(3)20(30(31)32)13(2)26-28/h12,15H,6-11H2,1-5H3/t15-/m1/s1. The lowest BCUT2D eigenvalue weighted by Crippen LogP contribution is -2.28. The topological polar surface area (TPSA) is 104 Å². The van der Waals surface area contributed by atoms with Gasteiger partial charge in [0.25, 0.3) is 0 Å². The van der Waals surface area contributed by atoms with Gasteiger partial charge in [-0.15, -0.1) is 16.4 Å². The first-order valence-corrected chi connectivity index (χ1v) is 12.3. The second kappa shape index (κ2) is 7.86. The molecule has 0 saturated carbocycles. The molecule has 1 aliphatic rings. The van der Waals surface area contributed by atoms with Crippen molar-refractivity contribution < 1.29 is 4.92 Å². The Kier molecular flexibility index (Phi) is 5.23. The van der Waals surface area contributed by atoms with Crippen molar-refractivity contribution in [3.05, 3.63) is 44.1 Å². The van der Waals surface area contributed by atoms with Crippen molar-refractivity contribution in [2.24, 2.45) is 11.3 Å². The van der Waals surface area contributed by atoms with E-state index in [1.165, 1.54) is 23.3 Å². The Hall–Kier alpha value is -2.88. The van der Waals surface area contributed by atoms with Gasteiger partial charge >= 0.3 is 5.69 Å². The predicted molar refractivity (Wildman–Crippen MR) is 128 cm³/mol. The summed E-state index contributed by atoms with van der Waals surface area (Å²) in [5.41, 5.74) is 3.67. The summed E-state index contributed by atoms with van der Waals surface area (Å²) in [6, 6.07) is 0. The third kappa shape index (κ3) is 3.60. The Morgan fingerprint density at radius 3 is 2.79 bits per heavy atom. The Labute approximate surface area is 196 Å². The van der Waals surface area contributed by atoms with Gasteiger partial charge < -0.3 is 0 Å².